The lowest BCUT2D eigenvalue weighted by Crippen LogP contribution is -2.03. The molecule has 1 N–H and O–H groups in total. The second-order valence-corrected chi connectivity index (χ2v) is 3.73. The first kappa shape index (κ1) is 12.3. The Bertz CT molecular complexity index is 393. The summed E-state index contributed by atoms with van der Waals surface area (Å²) >= 11 is 0. The van der Waals surface area contributed by atoms with Crippen LogP contribution in [0.5, 0.6) is 0 Å². The van der Waals surface area contributed by atoms with E-state index in [9.17, 15) is 4.79 Å². The number of rotatable bonds is 4. The Morgan fingerprint density at radius 3 is 2.81 bits per heavy atom. The van der Waals surface area contributed by atoms with E-state index in [0.29, 0.717) is 5.56 Å². The molecule has 0 bridgehead atoms. The first-order chi connectivity index (χ1) is 7.63. The van der Waals surface area contributed by atoms with E-state index in [0.717, 1.165) is 12.2 Å². The number of carbonyl (C=O) groups is 1. The quantitative estimate of drug-likeness (QED) is 0.625. The van der Waals surface area contributed by atoms with E-state index in [1.165, 1.54) is 12.7 Å². The number of esters is 1. The van der Waals surface area contributed by atoms with E-state index >= 15 is 0 Å². The van der Waals surface area contributed by atoms with Crippen LogP contribution < -0.4 is 5.32 Å². The summed E-state index contributed by atoms with van der Waals surface area (Å²) in [5, 5.41) is 3.21. The number of hydrogen-bond donors (Lipinski definition) is 1. The van der Waals surface area contributed by atoms with Gasteiger partial charge in [-0.25, -0.2) is 4.79 Å². The third-order valence-electron chi connectivity index (χ3n) is 2.10. The van der Waals surface area contributed by atoms with Crippen LogP contribution in [0.2, 0.25) is 0 Å². The molecule has 0 spiro atoms. The summed E-state index contributed by atoms with van der Waals surface area (Å²) in [6.45, 7) is 4.85. The lowest BCUT2D eigenvalue weighted by Gasteiger charge is -2.05. The Hall–Kier alpha value is -1.77. The molecule has 3 heteroatoms. The van der Waals surface area contributed by atoms with E-state index < -0.39 is 0 Å². The van der Waals surface area contributed by atoms with Crippen molar-refractivity contribution in [3.05, 3.63) is 41.5 Å². The number of methoxy groups -OCH3 is 1. The maximum atomic E-state index is 11.3. The zero-order valence-corrected chi connectivity index (χ0v) is 9.91. The maximum absolute atomic E-state index is 11.3. The van der Waals surface area contributed by atoms with Crippen molar-refractivity contribution in [2.24, 2.45) is 0 Å². The molecular weight excluding hydrogens is 202 g/mol. The Kier molecular flexibility index (Phi) is 4.58. The van der Waals surface area contributed by atoms with Gasteiger partial charge < -0.3 is 10.1 Å². The molecule has 3 nitrogen and oxygen atoms in total. The van der Waals surface area contributed by atoms with Gasteiger partial charge in [0.1, 0.15) is 0 Å². The highest BCUT2D eigenvalue weighted by Gasteiger charge is 2.04. The molecule has 0 aromatic heterocycles. The van der Waals surface area contributed by atoms with Crippen molar-refractivity contribution in [3.63, 3.8) is 0 Å². The molecule has 0 aliphatic carbocycles. The number of nitrogens with one attached hydrogen (secondary N) is 1. The molecule has 0 fully saturated rings. The Labute approximate surface area is 96.1 Å². The molecule has 0 aliphatic heterocycles. The van der Waals surface area contributed by atoms with Gasteiger partial charge in [0.15, 0.2) is 0 Å². The fourth-order valence-corrected chi connectivity index (χ4v) is 1.25. The van der Waals surface area contributed by atoms with E-state index in [1.54, 1.807) is 12.1 Å². The van der Waals surface area contributed by atoms with Gasteiger partial charge in [0, 0.05) is 12.2 Å². The molecule has 0 saturated carbocycles. The highest BCUT2D eigenvalue weighted by molar-refractivity contribution is 5.90. The van der Waals surface area contributed by atoms with Crippen LogP contribution in [0.3, 0.4) is 0 Å². The van der Waals surface area contributed by atoms with Gasteiger partial charge in [-0.2, -0.15) is 0 Å². The number of hydrogen-bond acceptors (Lipinski definition) is 3. The van der Waals surface area contributed by atoms with Crippen LogP contribution in [-0.2, 0) is 4.74 Å². The smallest absolute Gasteiger partial charge is 0.337 e. The molecule has 0 atom stereocenters. The summed E-state index contributed by atoms with van der Waals surface area (Å²) in [6, 6.07) is 7.27. The van der Waals surface area contributed by atoms with E-state index in [4.69, 9.17) is 0 Å². The molecule has 0 radical (unpaired) electrons. The summed E-state index contributed by atoms with van der Waals surface area (Å²) < 4.78 is 4.66. The van der Waals surface area contributed by atoms with Crippen LogP contribution in [0.15, 0.2) is 35.9 Å². The first-order valence-electron chi connectivity index (χ1n) is 5.19. The molecule has 0 saturated heterocycles. The van der Waals surface area contributed by atoms with Crippen LogP contribution in [0.4, 0.5) is 5.69 Å². The van der Waals surface area contributed by atoms with Crippen molar-refractivity contribution in [1.82, 2.24) is 0 Å². The van der Waals surface area contributed by atoms with E-state index in [1.807, 2.05) is 26.0 Å². The number of carbonyl (C=O) groups excluding carboxylic acids is 1. The summed E-state index contributed by atoms with van der Waals surface area (Å²) in [6.07, 6.45) is 2.09. The van der Waals surface area contributed by atoms with Crippen molar-refractivity contribution in [3.8, 4) is 0 Å². The van der Waals surface area contributed by atoms with Crippen molar-refractivity contribution in [2.45, 2.75) is 13.8 Å². The van der Waals surface area contributed by atoms with Gasteiger partial charge in [0.25, 0.3) is 0 Å². The molecule has 1 aromatic rings. The van der Waals surface area contributed by atoms with E-state index in [-0.39, 0.29) is 5.97 Å². The van der Waals surface area contributed by atoms with Gasteiger partial charge in [-0.05, 0) is 32.0 Å². The average molecular weight is 219 g/mol. The zero-order chi connectivity index (χ0) is 12.0. The zero-order valence-electron chi connectivity index (χ0n) is 9.91. The highest BCUT2D eigenvalue weighted by atomic mass is 16.5. The number of allylic oxidation sites excluding steroid dienone is 1. The molecule has 1 rings (SSSR count). The summed E-state index contributed by atoms with van der Waals surface area (Å²) in [5.74, 6) is -0.314. The molecule has 86 valence electrons. The largest absolute Gasteiger partial charge is 0.465 e. The lowest BCUT2D eigenvalue weighted by atomic mass is 10.2. The van der Waals surface area contributed by atoms with Crippen molar-refractivity contribution in [2.75, 3.05) is 19.0 Å². The summed E-state index contributed by atoms with van der Waals surface area (Å²) in [7, 11) is 1.38. The van der Waals surface area contributed by atoms with Gasteiger partial charge in [-0.1, -0.05) is 17.7 Å². The first-order valence-corrected chi connectivity index (χ1v) is 5.19. The average Bonchev–Trinajstić information content (AvgIpc) is 2.28. The fraction of sp³-hybridized carbons (Fsp3) is 0.308. The molecule has 0 heterocycles. The molecule has 1 aromatic carbocycles. The summed E-state index contributed by atoms with van der Waals surface area (Å²) in [4.78, 5) is 11.3. The molecule has 0 unspecified atom stereocenters. The van der Waals surface area contributed by atoms with Crippen LogP contribution in [0.1, 0.15) is 24.2 Å². The number of ether oxygens (including phenoxy) is 1. The topological polar surface area (TPSA) is 38.3 Å². The van der Waals surface area contributed by atoms with Crippen LogP contribution in [0, 0.1) is 0 Å². The van der Waals surface area contributed by atoms with E-state index in [2.05, 4.69) is 16.1 Å². The summed E-state index contributed by atoms with van der Waals surface area (Å²) in [5.41, 5.74) is 2.74. The molecule has 16 heavy (non-hydrogen) atoms. The van der Waals surface area contributed by atoms with Gasteiger partial charge in [-0.15, -0.1) is 0 Å². The predicted octanol–water partition coefficient (Wildman–Crippen LogP) is 2.85. The van der Waals surface area contributed by atoms with Crippen molar-refractivity contribution in [1.29, 1.82) is 0 Å². The fourth-order valence-electron chi connectivity index (χ4n) is 1.25. The van der Waals surface area contributed by atoms with Gasteiger partial charge in [0.05, 0.1) is 12.7 Å². The monoisotopic (exact) mass is 219 g/mol. The third kappa shape index (κ3) is 3.77. The minimum atomic E-state index is -0.314. The highest BCUT2D eigenvalue weighted by Crippen LogP contribution is 2.11. The minimum absolute atomic E-state index is 0.314. The van der Waals surface area contributed by atoms with Crippen LogP contribution >= 0.6 is 0 Å². The Balaban J connectivity index is 2.68. The second-order valence-electron chi connectivity index (χ2n) is 3.73. The minimum Gasteiger partial charge on any atom is -0.465 e. The lowest BCUT2D eigenvalue weighted by molar-refractivity contribution is 0.0601. The van der Waals surface area contributed by atoms with Crippen LogP contribution in [-0.4, -0.2) is 19.6 Å². The second kappa shape index (κ2) is 5.95. The van der Waals surface area contributed by atoms with Crippen molar-refractivity contribution >= 4 is 11.7 Å². The van der Waals surface area contributed by atoms with Gasteiger partial charge in [0.2, 0.25) is 0 Å². The molecule has 0 amide bonds. The Morgan fingerprint density at radius 1 is 1.44 bits per heavy atom. The maximum Gasteiger partial charge on any atom is 0.337 e. The number of anilines is 1. The van der Waals surface area contributed by atoms with Crippen LogP contribution in [0.25, 0.3) is 0 Å². The van der Waals surface area contributed by atoms with Gasteiger partial charge >= 0.3 is 5.97 Å². The third-order valence-corrected chi connectivity index (χ3v) is 2.10. The standard InChI is InChI=1S/C13H17NO2/c1-10(2)7-8-14-12-6-4-5-11(9-12)13(15)16-3/h4-7,9,14H,8H2,1-3H3. The predicted molar refractivity (Wildman–Crippen MR) is 65.7 cm³/mol. The Morgan fingerprint density at radius 2 is 2.19 bits per heavy atom. The van der Waals surface area contributed by atoms with Gasteiger partial charge in [-0.3, -0.25) is 0 Å². The van der Waals surface area contributed by atoms with Crippen molar-refractivity contribution < 1.29 is 9.53 Å². The normalized spacial score (nSPS) is 9.44. The number of benzene rings is 1. The molecular formula is C13H17NO2. The molecule has 0 aliphatic rings. The SMILES string of the molecule is COC(=O)c1cccc(NCC=C(C)C)c1.